The standard InChI is InChI=1S/C15H15ClN2O2/c1-9(17)13-7-6-12(8-14(13)16)20-11-4-2-10(3-5-11)15(18)19/h2-9H,17H2,1H3,(H2,18,19). The highest BCUT2D eigenvalue weighted by Crippen LogP contribution is 2.29. The molecular weight excluding hydrogens is 276 g/mol. The quantitative estimate of drug-likeness (QED) is 0.907. The number of halogens is 1. The van der Waals surface area contributed by atoms with Crippen molar-refractivity contribution in [3.8, 4) is 11.5 Å². The van der Waals surface area contributed by atoms with Gasteiger partial charge in [0.2, 0.25) is 5.91 Å². The Hall–Kier alpha value is -2.04. The number of carbonyl (C=O) groups is 1. The van der Waals surface area contributed by atoms with Gasteiger partial charge in [0.05, 0.1) is 0 Å². The fourth-order valence-electron chi connectivity index (χ4n) is 1.76. The molecule has 4 nitrogen and oxygen atoms in total. The van der Waals surface area contributed by atoms with Gasteiger partial charge in [-0.3, -0.25) is 4.79 Å². The maximum atomic E-state index is 11.0. The zero-order valence-corrected chi connectivity index (χ0v) is 11.7. The van der Waals surface area contributed by atoms with E-state index in [-0.39, 0.29) is 6.04 Å². The molecule has 0 aromatic heterocycles. The minimum absolute atomic E-state index is 0.133. The number of hydrogen-bond acceptors (Lipinski definition) is 3. The van der Waals surface area contributed by atoms with Gasteiger partial charge in [-0.2, -0.15) is 0 Å². The van der Waals surface area contributed by atoms with Crippen molar-refractivity contribution >= 4 is 17.5 Å². The number of rotatable bonds is 4. The first kappa shape index (κ1) is 14.4. The van der Waals surface area contributed by atoms with Crippen LogP contribution in [0.15, 0.2) is 42.5 Å². The summed E-state index contributed by atoms with van der Waals surface area (Å²) in [4.78, 5) is 11.0. The van der Waals surface area contributed by atoms with Crippen molar-refractivity contribution in [3.05, 3.63) is 58.6 Å². The Labute approximate surface area is 122 Å². The zero-order valence-electron chi connectivity index (χ0n) is 11.0. The van der Waals surface area contributed by atoms with Crippen LogP contribution in [0.4, 0.5) is 0 Å². The predicted octanol–water partition coefficient (Wildman–Crippen LogP) is 3.25. The van der Waals surface area contributed by atoms with Gasteiger partial charge in [-0.1, -0.05) is 17.7 Å². The van der Waals surface area contributed by atoms with Crippen LogP contribution in [0.1, 0.15) is 28.9 Å². The lowest BCUT2D eigenvalue weighted by atomic mass is 10.1. The van der Waals surface area contributed by atoms with E-state index < -0.39 is 5.91 Å². The molecule has 1 amide bonds. The van der Waals surface area contributed by atoms with E-state index in [1.165, 1.54) is 0 Å². The second-order valence-electron chi connectivity index (χ2n) is 4.46. The highest BCUT2D eigenvalue weighted by molar-refractivity contribution is 6.31. The SMILES string of the molecule is CC(N)c1ccc(Oc2ccc(C(N)=O)cc2)cc1Cl. The molecule has 4 N–H and O–H groups in total. The van der Waals surface area contributed by atoms with E-state index in [0.717, 1.165) is 5.56 Å². The van der Waals surface area contributed by atoms with Crippen molar-refractivity contribution < 1.29 is 9.53 Å². The fourth-order valence-corrected chi connectivity index (χ4v) is 2.11. The largest absolute Gasteiger partial charge is 0.457 e. The third-order valence-corrected chi connectivity index (χ3v) is 3.16. The molecule has 2 rings (SSSR count). The number of hydrogen-bond donors (Lipinski definition) is 2. The Kier molecular flexibility index (Phi) is 4.27. The molecular formula is C15H15ClN2O2. The van der Waals surface area contributed by atoms with Crippen LogP contribution < -0.4 is 16.2 Å². The summed E-state index contributed by atoms with van der Waals surface area (Å²) in [7, 11) is 0. The van der Waals surface area contributed by atoms with Crippen LogP contribution in [0.3, 0.4) is 0 Å². The van der Waals surface area contributed by atoms with Crippen LogP contribution in [0.5, 0.6) is 11.5 Å². The molecule has 1 unspecified atom stereocenters. The molecule has 0 heterocycles. The van der Waals surface area contributed by atoms with E-state index in [0.29, 0.717) is 22.1 Å². The average Bonchev–Trinajstić information content (AvgIpc) is 2.39. The first-order valence-electron chi connectivity index (χ1n) is 6.10. The summed E-state index contributed by atoms with van der Waals surface area (Å²) in [6, 6.07) is 11.8. The zero-order chi connectivity index (χ0) is 14.7. The van der Waals surface area contributed by atoms with E-state index in [1.807, 2.05) is 13.0 Å². The number of nitrogens with two attached hydrogens (primary N) is 2. The fraction of sp³-hybridized carbons (Fsp3) is 0.133. The summed E-state index contributed by atoms with van der Waals surface area (Å²) in [6.07, 6.45) is 0. The first-order valence-corrected chi connectivity index (χ1v) is 6.48. The average molecular weight is 291 g/mol. The van der Waals surface area contributed by atoms with Gasteiger partial charge in [-0.25, -0.2) is 0 Å². The third kappa shape index (κ3) is 3.29. The molecule has 2 aromatic carbocycles. The molecule has 20 heavy (non-hydrogen) atoms. The summed E-state index contributed by atoms with van der Waals surface area (Å²) in [5, 5.41) is 0.561. The number of carbonyl (C=O) groups excluding carboxylic acids is 1. The van der Waals surface area contributed by atoms with E-state index in [1.54, 1.807) is 36.4 Å². The highest BCUT2D eigenvalue weighted by Gasteiger charge is 2.07. The molecule has 0 aliphatic carbocycles. The second-order valence-corrected chi connectivity index (χ2v) is 4.87. The molecule has 0 bridgehead atoms. The summed E-state index contributed by atoms with van der Waals surface area (Å²) < 4.78 is 5.65. The van der Waals surface area contributed by atoms with Gasteiger partial charge in [0.15, 0.2) is 0 Å². The lowest BCUT2D eigenvalue weighted by Crippen LogP contribution is -2.10. The Morgan fingerprint density at radius 2 is 1.75 bits per heavy atom. The molecule has 0 aliphatic rings. The molecule has 0 saturated heterocycles. The third-order valence-electron chi connectivity index (χ3n) is 2.84. The van der Waals surface area contributed by atoms with Gasteiger partial charge in [0.1, 0.15) is 11.5 Å². The van der Waals surface area contributed by atoms with Crippen molar-refractivity contribution in [1.29, 1.82) is 0 Å². The second kappa shape index (κ2) is 5.94. The van der Waals surface area contributed by atoms with Crippen LogP contribution in [-0.4, -0.2) is 5.91 Å². The topological polar surface area (TPSA) is 78.3 Å². The van der Waals surface area contributed by atoms with Crippen LogP contribution in [0, 0.1) is 0 Å². The molecule has 2 aromatic rings. The van der Waals surface area contributed by atoms with Crippen LogP contribution in [-0.2, 0) is 0 Å². The molecule has 0 saturated carbocycles. The Balaban J connectivity index is 2.17. The molecule has 0 spiro atoms. The van der Waals surface area contributed by atoms with Gasteiger partial charge >= 0.3 is 0 Å². The number of ether oxygens (including phenoxy) is 1. The Morgan fingerprint density at radius 1 is 1.15 bits per heavy atom. The summed E-state index contributed by atoms with van der Waals surface area (Å²) in [6.45, 7) is 1.87. The molecule has 0 radical (unpaired) electrons. The number of amides is 1. The van der Waals surface area contributed by atoms with Gasteiger partial charge < -0.3 is 16.2 Å². The highest BCUT2D eigenvalue weighted by atomic mass is 35.5. The molecule has 0 aliphatic heterocycles. The maximum absolute atomic E-state index is 11.0. The van der Waals surface area contributed by atoms with Gasteiger partial charge in [-0.15, -0.1) is 0 Å². The van der Waals surface area contributed by atoms with Gasteiger partial charge in [0.25, 0.3) is 0 Å². The van der Waals surface area contributed by atoms with Crippen molar-refractivity contribution in [2.24, 2.45) is 11.5 Å². The summed E-state index contributed by atoms with van der Waals surface area (Å²) >= 11 is 6.14. The van der Waals surface area contributed by atoms with Crippen molar-refractivity contribution in [2.75, 3.05) is 0 Å². The van der Waals surface area contributed by atoms with Crippen LogP contribution >= 0.6 is 11.6 Å². The Morgan fingerprint density at radius 3 is 2.25 bits per heavy atom. The predicted molar refractivity (Wildman–Crippen MR) is 79.1 cm³/mol. The summed E-state index contributed by atoms with van der Waals surface area (Å²) in [5.41, 5.74) is 12.3. The maximum Gasteiger partial charge on any atom is 0.248 e. The molecule has 1 atom stereocenters. The minimum atomic E-state index is -0.471. The number of primary amides is 1. The number of benzene rings is 2. The minimum Gasteiger partial charge on any atom is -0.457 e. The summed E-state index contributed by atoms with van der Waals surface area (Å²) in [5.74, 6) is 0.728. The van der Waals surface area contributed by atoms with Crippen molar-refractivity contribution in [3.63, 3.8) is 0 Å². The van der Waals surface area contributed by atoms with Gasteiger partial charge in [-0.05, 0) is 48.9 Å². The van der Waals surface area contributed by atoms with Crippen LogP contribution in [0.25, 0.3) is 0 Å². The molecule has 0 fully saturated rings. The normalized spacial score (nSPS) is 11.9. The van der Waals surface area contributed by atoms with Crippen molar-refractivity contribution in [1.82, 2.24) is 0 Å². The van der Waals surface area contributed by atoms with E-state index >= 15 is 0 Å². The van der Waals surface area contributed by atoms with Crippen LogP contribution in [0.2, 0.25) is 5.02 Å². The molecule has 5 heteroatoms. The smallest absolute Gasteiger partial charge is 0.248 e. The van der Waals surface area contributed by atoms with E-state index in [4.69, 9.17) is 27.8 Å². The lowest BCUT2D eigenvalue weighted by molar-refractivity contribution is 0.100. The van der Waals surface area contributed by atoms with E-state index in [9.17, 15) is 4.79 Å². The van der Waals surface area contributed by atoms with Crippen molar-refractivity contribution in [2.45, 2.75) is 13.0 Å². The van der Waals surface area contributed by atoms with Gasteiger partial charge in [0, 0.05) is 16.6 Å². The Bertz CT molecular complexity index is 624. The molecule has 104 valence electrons. The lowest BCUT2D eigenvalue weighted by Gasteiger charge is -2.11. The van der Waals surface area contributed by atoms with E-state index in [2.05, 4.69) is 0 Å². The monoisotopic (exact) mass is 290 g/mol. The first-order chi connectivity index (χ1) is 9.47.